The van der Waals surface area contributed by atoms with Crippen LogP contribution < -0.4 is 11.1 Å². The number of carbonyl (C=O) groups is 1. The number of alkyl halides is 3. The minimum atomic E-state index is -4.32. The summed E-state index contributed by atoms with van der Waals surface area (Å²) in [7, 11) is 0. The third-order valence-electron chi connectivity index (χ3n) is 4.23. The quantitative estimate of drug-likeness (QED) is 0.790. The van der Waals surface area contributed by atoms with Gasteiger partial charge >= 0.3 is 12.2 Å². The summed E-state index contributed by atoms with van der Waals surface area (Å²) >= 11 is 0. The van der Waals surface area contributed by atoms with Gasteiger partial charge in [-0.05, 0) is 42.8 Å². The van der Waals surface area contributed by atoms with Crippen LogP contribution in [0.25, 0.3) is 11.3 Å². The number of urea groups is 1. The van der Waals surface area contributed by atoms with Crippen molar-refractivity contribution in [3.63, 3.8) is 0 Å². The maximum absolute atomic E-state index is 13.0. The van der Waals surface area contributed by atoms with Crippen molar-refractivity contribution in [3.05, 3.63) is 42.2 Å². The van der Waals surface area contributed by atoms with Crippen LogP contribution in [0.5, 0.6) is 0 Å². The van der Waals surface area contributed by atoms with Gasteiger partial charge in [-0.2, -0.15) is 13.2 Å². The van der Waals surface area contributed by atoms with Crippen LogP contribution in [0.4, 0.5) is 33.9 Å². The Morgan fingerprint density at radius 2 is 1.88 bits per heavy atom. The lowest BCUT2D eigenvalue weighted by atomic mass is 10.1. The zero-order chi connectivity index (χ0) is 18.9. The average molecular weight is 368 g/mol. The molecular formula is C17H16F4N4O. The number of likely N-dealkylation sites (tertiary alicyclic amines) is 1. The van der Waals surface area contributed by atoms with E-state index in [0.717, 1.165) is 4.90 Å². The largest absolute Gasteiger partial charge is 0.396 e. The van der Waals surface area contributed by atoms with E-state index in [1.54, 1.807) is 6.07 Å². The summed E-state index contributed by atoms with van der Waals surface area (Å²) < 4.78 is 51.2. The van der Waals surface area contributed by atoms with E-state index in [4.69, 9.17) is 5.73 Å². The van der Waals surface area contributed by atoms with Crippen LogP contribution in [0.3, 0.4) is 0 Å². The number of hydrogen-bond donors (Lipinski definition) is 2. The zero-order valence-electron chi connectivity index (χ0n) is 13.6. The number of pyridine rings is 1. The molecule has 138 valence electrons. The molecule has 0 aliphatic carbocycles. The van der Waals surface area contributed by atoms with E-state index in [-0.39, 0.29) is 24.5 Å². The summed E-state index contributed by atoms with van der Waals surface area (Å²) in [4.78, 5) is 17.5. The van der Waals surface area contributed by atoms with E-state index in [0.29, 0.717) is 11.3 Å². The molecule has 1 aromatic carbocycles. The van der Waals surface area contributed by atoms with E-state index in [9.17, 15) is 22.4 Å². The minimum Gasteiger partial charge on any atom is -0.396 e. The normalized spacial score (nSPS) is 17.4. The highest BCUT2D eigenvalue weighted by Crippen LogP contribution is 2.33. The number of nitrogens with two attached hydrogens (primary N) is 1. The Morgan fingerprint density at radius 1 is 1.19 bits per heavy atom. The van der Waals surface area contributed by atoms with E-state index in [2.05, 4.69) is 10.3 Å². The van der Waals surface area contributed by atoms with Crippen molar-refractivity contribution in [3.8, 4) is 11.3 Å². The van der Waals surface area contributed by atoms with Gasteiger partial charge in [0.2, 0.25) is 0 Å². The van der Waals surface area contributed by atoms with Gasteiger partial charge in [0.25, 0.3) is 0 Å². The number of carbonyl (C=O) groups excluding carboxylic acids is 1. The summed E-state index contributed by atoms with van der Waals surface area (Å²) in [6, 6.07) is 8.02. The number of halogens is 4. The summed E-state index contributed by atoms with van der Waals surface area (Å²) in [6.07, 6.45) is -4.45. The van der Waals surface area contributed by atoms with Gasteiger partial charge < -0.3 is 10.6 Å². The highest BCUT2D eigenvalue weighted by atomic mass is 19.4. The molecule has 0 radical (unpaired) electrons. The van der Waals surface area contributed by atoms with Crippen LogP contribution in [0.1, 0.15) is 6.42 Å². The van der Waals surface area contributed by atoms with Crippen molar-refractivity contribution in [1.29, 1.82) is 0 Å². The van der Waals surface area contributed by atoms with E-state index in [1.165, 1.54) is 30.3 Å². The van der Waals surface area contributed by atoms with Gasteiger partial charge in [0.05, 0.1) is 17.3 Å². The topological polar surface area (TPSA) is 71.2 Å². The Balaban J connectivity index is 1.74. The molecule has 0 saturated carbocycles. The molecule has 2 aromatic rings. The second kappa shape index (κ2) is 6.81. The van der Waals surface area contributed by atoms with Crippen LogP contribution in [-0.2, 0) is 0 Å². The summed E-state index contributed by atoms with van der Waals surface area (Å²) in [6.45, 7) is -0.388. The molecule has 1 saturated heterocycles. The van der Waals surface area contributed by atoms with Gasteiger partial charge in [0, 0.05) is 18.7 Å². The molecule has 3 rings (SSSR count). The van der Waals surface area contributed by atoms with Gasteiger partial charge in [-0.3, -0.25) is 5.32 Å². The number of rotatable bonds is 2. The molecule has 0 bridgehead atoms. The molecule has 5 nitrogen and oxygen atoms in total. The first-order valence-electron chi connectivity index (χ1n) is 7.89. The van der Waals surface area contributed by atoms with Crippen molar-refractivity contribution >= 4 is 17.5 Å². The Morgan fingerprint density at radius 3 is 2.50 bits per heavy atom. The zero-order valence-corrected chi connectivity index (χ0v) is 13.6. The van der Waals surface area contributed by atoms with Crippen LogP contribution >= 0.6 is 0 Å². The van der Waals surface area contributed by atoms with Crippen LogP contribution in [-0.4, -0.2) is 35.2 Å². The fourth-order valence-electron chi connectivity index (χ4n) is 2.74. The van der Waals surface area contributed by atoms with Crippen LogP contribution in [0, 0.1) is 11.7 Å². The first kappa shape index (κ1) is 18.0. The molecule has 9 heteroatoms. The summed E-state index contributed by atoms with van der Waals surface area (Å²) in [5, 5.41) is 2.46. The molecule has 3 N–H and O–H groups in total. The summed E-state index contributed by atoms with van der Waals surface area (Å²) in [5.74, 6) is -1.87. The van der Waals surface area contributed by atoms with Crippen molar-refractivity contribution in [2.45, 2.75) is 12.6 Å². The van der Waals surface area contributed by atoms with Crippen molar-refractivity contribution in [2.75, 3.05) is 24.1 Å². The fourth-order valence-corrected chi connectivity index (χ4v) is 2.74. The number of amides is 2. The third-order valence-corrected chi connectivity index (χ3v) is 4.23. The Bertz CT molecular complexity index is 807. The molecule has 0 spiro atoms. The highest BCUT2D eigenvalue weighted by molar-refractivity contribution is 5.92. The van der Waals surface area contributed by atoms with Crippen molar-refractivity contribution < 1.29 is 22.4 Å². The van der Waals surface area contributed by atoms with Gasteiger partial charge in [0.15, 0.2) is 5.82 Å². The number of nitrogen functional groups attached to an aromatic ring is 1. The van der Waals surface area contributed by atoms with Gasteiger partial charge in [-0.15, -0.1) is 0 Å². The lowest BCUT2D eigenvalue weighted by Crippen LogP contribution is -2.35. The Hall–Kier alpha value is -2.84. The molecule has 2 amide bonds. The lowest BCUT2D eigenvalue weighted by molar-refractivity contribution is -0.169. The van der Waals surface area contributed by atoms with Gasteiger partial charge in [-0.25, -0.2) is 14.2 Å². The maximum Gasteiger partial charge on any atom is 0.393 e. The standard InChI is InChI=1S/C17H16F4N4O/c18-12-3-1-10(2-4-12)14-6-5-13(22)15(23-14)24-16(26)25-8-7-11(9-25)17(19,20)21/h1-6,11H,7-9,22H2,(H,23,24,26). The van der Waals surface area contributed by atoms with E-state index >= 15 is 0 Å². The molecule has 1 unspecified atom stereocenters. The second-order valence-electron chi connectivity index (χ2n) is 6.04. The molecule has 1 fully saturated rings. The Kier molecular flexibility index (Phi) is 4.71. The van der Waals surface area contributed by atoms with Crippen LogP contribution in [0.2, 0.25) is 0 Å². The number of hydrogen-bond acceptors (Lipinski definition) is 3. The molecular weight excluding hydrogens is 352 g/mol. The predicted octanol–water partition coefficient (Wildman–Crippen LogP) is 3.89. The van der Waals surface area contributed by atoms with E-state index < -0.39 is 30.5 Å². The number of anilines is 2. The van der Waals surface area contributed by atoms with E-state index in [1.807, 2.05) is 0 Å². The molecule has 1 atom stereocenters. The first-order chi connectivity index (χ1) is 12.2. The maximum atomic E-state index is 13.0. The van der Waals surface area contributed by atoms with Gasteiger partial charge in [0.1, 0.15) is 5.82 Å². The number of benzene rings is 1. The van der Waals surface area contributed by atoms with Gasteiger partial charge in [-0.1, -0.05) is 0 Å². The molecule has 1 aliphatic rings. The molecule has 1 aromatic heterocycles. The third kappa shape index (κ3) is 3.87. The monoisotopic (exact) mass is 368 g/mol. The summed E-state index contributed by atoms with van der Waals surface area (Å²) in [5.41, 5.74) is 7.04. The van der Waals surface area contributed by atoms with Crippen molar-refractivity contribution in [1.82, 2.24) is 9.88 Å². The number of nitrogens with one attached hydrogen (secondary N) is 1. The SMILES string of the molecule is Nc1ccc(-c2ccc(F)cc2)nc1NC(=O)N1CCC(C(F)(F)F)C1. The number of nitrogens with zero attached hydrogens (tertiary/aromatic N) is 2. The number of aromatic nitrogens is 1. The first-order valence-corrected chi connectivity index (χ1v) is 7.89. The fraction of sp³-hybridized carbons (Fsp3) is 0.294. The highest BCUT2D eigenvalue weighted by Gasteiger charge is 2.44. The Labute approximate surface area is 146 Å². The second-order valence-corrected chi connectivity index (χ2v) is 6.04. The molecule has 1 aliphatic heterocycles. The molecule has 2 heterocycles. The van der Waals surface area contributed by atoms with Crippen molar-refractivity contribution in [2.24, 2.45) is 5.92 Å². The average Bonchev–Trinajstić information content (AvgIpc) is 3.08. The lowest BCUT2D eigenvalue weighted by Gasteiger charge is -2.19. The smallest absolute Gasteiger partial charge is 0.393 e. The molecule has 26 heavy (non-hydrogen) atoms. The predicted molar refractivity (Wildman–Crippen MR) is 88.8 cm³/mol. The minimum absolute atomic E-state index is 0.00751. The van der Waals surface area contributed by atoms with Crippen LogP contribution in [0.15, 0.2) is 36.4 Å².